The second kappa shape index (κ2) is 29.1. The van der Waals surface area contributed by atoms with Crippen molar-refractivity contribution in [1.29, 1.82) is 0 Å². The lowest BCUT2D eigenvalue weighted by molar-refractivity contribution is -0.571. The first-order valence-corrected chi connectivity index (χ1v) is 39.1. The average Bonchev–Trinajstić information content (AvgIpc) is 0.837. The van der Waals surface area contributed by atoms with Crippen molar-refractivity contribution < 1.29 is 72.4 Å². The van der Waals surface area contributed by atoms with Gasteiger partial charge in [-0.05, 0) is 163 Å². The summed E-state index contributed by atoms with van der Waals surface area (Å²) in [4.78, 5) is 4.74. The van der Waals surface area contributed by atoms with Gasteiger partial charge in [-0.3, -0.25) is 13.7 Å². The van der Waals surface area contributed by atoms with E-state index in [1.54, 1.807) is 65.2 Å². The van der Waals surface area contributed by atoms with Gasteiger partial charge in [0.05, 0.1) is 92.4 Å². The van der Waals surface area contributed by atoms with Gasteiger partial charge in [-0.1, -0.05) is 374 Å². The van der Waals surface area contributed by atoms with Gasteiger partial charge in [0.25, 0.3) is 6.33 Å². The average molecular weight is 1520 g/mol. The van der Waals surface area contributed by atoms with E-state index in [1.165, 1.54) is 34.9 Å². The van der Waals surface area contributed by atoms with Gasteiger partial charge in [0, 0.05) is 32.7 Å². The van der Waals surface area contributed by atoms with Gasteiger partial charge in [0.1, 0.15) is 17.3 Å². The zero-order valence-electron chi connectivity index (χ0n) is 106. The minimum Gasteiger partial charge on any atom is -0.458 e. The lowest BCUT2D eigenvalue weighted by Gasteiger charge is -2.35. The highest BCUT2D eigenvalue weighted by Gasteiger charge is 2.43. The van der Waals surface area contributed by atoms with Crippen LogP contribution in [0, 0.1) is 13.2 Å². The van der Waals surface area contributed by atoms with E-state index in [1.807, 2.05) is 53.7 Å². The van der Waals surface area contributed by atoms with Gasteiger partial charge in [-0.25, -0.2) is 4.98 Å². The van der Waals surface area contributed by atoms with Gasteiger partial charge in [-0.15, -0.1) is 0 Å². The van der Waals surface area contributed by atoms with E-state index in [-0.39, 0.29) is 39.6 Å². The number of hydrogen-bond acceptors (Lipinski definition) is 2. The Bertz CT molecular complexity index is 8540. The molecule has 540 valence electrons. The molecule has 18 rings (SSSR count). The maximum Gasteiger partial charge on any atom is 0.269 e. The monoisotopic (exact) mass is 1520 g/mol. The maximum atomic E-state index is 11.5. The maximum absolute atomic E-state index is 11.5. The number of aryl methyl sites for hydroxylation is 1. The molecule has 7 heteroatoms. The quantitative estimate of drug-likeness (QED) is 0.0394. The third-order valence-electron chi connectivity index (χ3n) is 19.5. The third-order valence-corrected chi connectivity index (χ3v) is 27.5. The molecule has 3 aromatic heterocycles. The van der Waals surface area contributed by atoms with Crippen molar-refractivity contribution in [2.24, 2.45) is 0 Å². The molecule has 112 heavy (non-hydrogen) atoms. The van der Waals surface area contributed by atoms with Gasteiger partial charge in [0.2, 0.25) is 0 Å². The zero-order chi connectivity index (χ0) is 116. The Morgan fingerprint density at radius 2 is 0.839 bits per heavy atom. The standard InChI is InChI=1S/C105H86N4OSi2/c1-74-63-102(106-72-97(74)75-35-15-8-16-36-75)109-98-58-30-29-55-95(98)96-61-60-84(71-100(96)109)110-83-40-33-39-82(70-83)107-73-108(99-62-59-76(68-101(99)107)79-64-80(104(2,3)4)69-81(65-79)105(5,6)7)103-93(77-37-31-53-91(66-77)111(85-41-17-9-18-42-85,86-43-19-10-20-44-86)87-45-21-11-22-46-87)56-34-57-94(103)78-38-32-54-92(67-78)112(88-47-23-12-24-48-88,89-49-25-13-26-50-89)90-51-27-14-28-52-90/h8-72H,1-7H3/i1D3,8D,9D,10D,11D,12D,13D,14D,15D,16D,17D,18D,19D,20D,21D,22D,23D,24D,25D,26D,27D,28D,31D,32D,35D,36D,37D,38D,41D,42D,43D,44D,45D,46D,47D,48D,49D,50D,51D,52D,53D,54D,66D,67D. The van der Waals surface area contributed by atoms with E-state index in [2.05, 4.69) is 12.4 Å². The van der Waals surface area contributed by atoms with E-state index in [0.717, 1.165) is 40.1 Å². The molecule has 15 aromatic carbocycles. The first kappa shape index (κ1) is 36.2. The lowest BCUT2D eigenvalue weighted by Crippen LogP contribution is -2.74. The van der Waals surface area contributed by atoms with Gasteiger partial charge in [0.15, 0.2) is 16.1 Å². The van der Waals surface area contributed by atoms with Crippen LogP contribution >= 0.6 is 0 Å². The number of aromatic nitrogens is 4. The molecule has 0 saturated heterocycles. The molecule has 0 bridgehead atoms. The molecule has 0 aliphatic heterocycles. The van der Waals surface area contributed by atoms with Crippen LogP contribution in [0.25, 0.3) is 94.5 Å². The summed E-state index contributed by atoms with van der Waals surface area (Å²) >= 11 is 0. The number of imidazole rings is 1. The van der Waals surface area contributed by atoms with E-state index >= 15 is 0 Å². The summed E-state index contributed by atoms with van der Waals surface area (Å²) < 4.78 is 456. The largest absolute Gasteiger partial charge is 0.458 e. The molecule has 0 radical (unpaired) electrons. The summed E-state index contributed by atoms with van der Waals surface area (Å²) in [5.41, 5.74) is -3.17. The van der Waals surface area contributed by atoms with Crippen LogP contribution in [-0.4, -0.2) is 30.3 Å². The van der Waals surface area contributed by atoms with Crippen LogP contribution in [0.3, 0.4) is 0 Å². The van der Waals surface area contributed by atoms with Crippen LogP contribution in [-0.2, 0) is 10.8 Å². The summed E-state index contributed by atoms with van der Waals surface area (Å²) in [7, 11) is -13.7. The van der Waals surface area contributed by atoms with Crippen LogP contribution < -0.4 is 50.8 Å². The van der Waals surface area contributed by atoms with E-state index in [0.29, 0.717) is 32.9 Å². The van der Waals surface area contributed by atoms with Gasteiger partial charge in [-0.2, -0.15) is 0 Å². The van der Waals surface area contributed by atoms with Crippen LogP contribution in [0.15, 0.2) is 393 Å². The Hall–Kier alpha value is -13.0. The SMILES string of the molecule is [2H]c1c([2H])c([2H])c(-c2cnc(-n3c4ccccc4c4ccc(Oc5cccc(-n6[c-][n+](-c7c(-c8c([2H])c([2H])c([2H])c([Si](c9c([2H])c([2H])c([2H])c([2H])c9[2H])(c9c([2H])c([2H])c([2H])c([2H])c9[2H])c9c([2H])c([2H])c([2H])c([2H])c9[2H])c8[2H])cccc7-c7c([2H])c([2H])c([2H])c([Si](c8c([2H])c([2H])c([2H])c([2H])c8[2H])(c8c([2H])c([2H])c([2H])c([2H])c8[2H])c8c([2H])c([2H])c([2H])c([2H])c8[2H])c7[2H])c7ccc(-c8cc(C(C)(C)C)cc(C(C)(C)C)c8)cc76)c5)cc43)cc2C([2H])([2H])[2H])c([2H])c1[2H]. The van der Waals surface area contributed by atoms with E-state index in [4.69, 9.17) is 28.9 Å². The molecular formula is C105H86N4OSi2. The Kier molecular flexibility index (Phi) is 9.40. The predicted molar refractivity (Wildman–Crippen MR) is 473 cm³/mol. The molecule has 0 N–H and O–H groups in total. The van der Waals surface area contributed by atoms with Crippen molar-refractivity contribution in [2.45, 2.75) is 59.2 Å². The van der Waals surface area contributed by atoms with Gasteiger partial charge >= 0.3 is 0 Å². The lowest BCUT2D eigenvalue weighted by atomic mass is 9.79. The zero-order valence-corrected chi connectivity index (χ0v) is 62.4. The summed E-state index contributed by atoms with van der Waals surface area (Å²) in [6.07, 6.45) is 4.50. The predicted octanol–water partition coefficient (Wildman–Crippen LogP) is 20.3. The molecular weight excluding hydrogens is 1390 g/mol. The first-order valence-electron chi connectivity index (χ1n) is 58.1. The van der Waals surface area contributed by atoms with Crippen LogP contribution in [0.2, 0.25) is 0 Å². The van der Waals surface area contributed by atoms with Crippen LogP contribution in [0.4, 0.5) is 0 Å². The molecule has 0 amide bonds. The second-order valence-electron chi connectivity index (χ2n) is 28.2. The third kappa shape index (κ3) is 12.7. The summed E-state index contributed by atoms with van der Waals surface area (Å²) in [5, 5.41) is -9.04. The molecule has 5 nitrogen and oxygen atoms in total. The fourth-order valence-electron chi connectivity index (χ4n) is 14.2. The fraction of sp³-hybridized carbons (Fsp3) is 0.0857. The normalized spacial score (nSPS) is 17.9. The molecule has 0 aliphatic rings. The second-order valence-corrected chi connectivity index (χ2v) is 35.2. The van der Waals surface area contributed by atoms with Crippen LogP contribution in [0.1, 0.15) is 121 Å². The number of fused-ring (bicyclic) bond motifs is 4. The van der Waals surface area contributed by atoms with Crippen LogP contribution in [0.5, 0.6) is 11.5 Å². The number of para-hydroxylation sites is 2. The minimum absolute atomic E-state index is 0.00407. The van der Waals surface area contributed by atoms with Crippen molar-refractivity contribution in [2.75, 3.05) is 0 Å². The number of hydrogen-bond donors (Lipinski definition) is 0. The molecule has 0 atom stereocenters. The molecule has 0 aliphatic carbocycles. The van der Waals surface area contributed by atoms with E-state index in [9.17, 15) is 43.9 Å². The molecule has 0 saturated carbocycles. The highest BCUT2D eigenvalue weighted by Crippen LogP contribution is 2.41. The highest BCUT2D eigenvalue weighted by molar-refractivity contribution is 7.20. The Morgan fingerprint density at radius 3 is 1.35 bits per heavy atom. The molecule has 0 fully saturated rings. The van der Waals surface area contributed by atoms with Crippen molar-refractivity contribution in [3.63, 3.8) is 0 Å². The van der Waals surface area contributed by atoms with E-state index < -0.39 is 374 Å². The Labute approximate surface area is 724 Å². The number of rotatable bonds is 17. The molecule has 3 heterocycles. The molecule has 18 aromatic rings. The number of ether oxygens (including phenoxy) is 1. The summed E-state index contributed by atoms with van der Waals surface area (Å²) in [6.45, 7) is 8.95. The Morgan fingerprint density at radius 1 is 0.375 bits per heavy atom. The van der Waals surface area contributed by atoms with Crippen molar-refractivity contribution in [3.8, 4) is 73.2 Å². The Balaban J connectivity index is 1.03. The number of benzene rings is 15. The number of nitrogens with zero attached hydrogens (tertiary/aromatic N) is 4. The first-order chi connectivity index (χ1) is 73.7. The van der Waals surface area contributed by atoms with Crippen molar-refractivity contribution >= 4 is 90.5 Å². The van der Waals surface area contributed by atoms with Crippen molar-refractivity contribution in [3.05, 3.63) is 416 Å². The smallest absolute Gasteiger partial charge is 0.269 e. The van der Waals surface area contributed by atoms with Gasteiger partial charge < -0.3 is 4.74 Å². The number of pyridine rings is 1. The van der Waals surface area contributed by atoms with Crippen molar-refractivity contribution in [1.82, 2.24) is 14.1 Å². The molecule has 0 unspecified atom stereocenters. The summed E-state index contributed by atoms with van der Waals surface area (Å²) in [5.74, 6) is 0.0705. The molecule has 0 spiro atoms. The summed E-state index contributed by atoms with van der Waals surface area (Å²) in [6, 6.07) is -20.8. The highest BCUT2D eigenvalue weighted by atomic mass is 28.3. The minimum atomic E-state index is -6.84. The fourth-order valence-corrected chi connectivity index (χ4v) is 21.3. The topological polar surface area (TPSA) is 35.9 Å².